The van der Waals surface area contributed by atoms with Gasteiger partial charge in [-0.1, -0.05) is 32.9 Å². The van der Waals surface area contributed by atoms with Crippen molar-refractivity contribution < 1.29 is 14.3 Å². The maximum absolute atomic E-state index is 10.1. The lowest BCUT2D eigenvalue weighted by molar-refractivity contribution is -0.175. The molecule has 0 saturated carbocycles. The van der Waals surface area contributed by atoms with Crippen molar-refractivity contribution in [2.75, 3.05) is 18.9 Å². The first-order valence-electron chi connectivity index (χ1n) is 9.80. The Morgan fingerprint density at radius 1 is 1.15 bits per heavy atom. The van der Waals surface area contributed by atoms with Crippen molar-refractivity contribution in [3.05, 3.63) is 29.8 Å². The Morgan fingerprint density at radius 3 is 2.31 bits per heavy atom. The van der Waals surface area contributed by atoms with E-state index < -0.39 is 13.9 Å². The fraction of sp³-hybridized carbons (Fsp3) is 0.714. The first kappa shape index (κ1) is 19.9. The van der Waals surface area contributed by atoms with Crippen molar-refractivity contribution in [3.63, 3.8) is 0 Å². The van der Waals surface area contributed by atoms with Crippen LogP contribution in [0.4, 0.5) is 5.69 Å². The van der Waals surface area contributed by atoms with Crippen molar-refractivity contribution in [2.24, 2.45) is 0 Å². The molecule has 4 nitrogen and oxygen atoms in total. The van der Waals surface area contributed by atoms with Gasteiger partial charge in [-0.2, -0.15) is 0 Å². The summed E-state index contributed by atoms with van der Waals surface area (Å²) in [4.78, 5) is 0. The Balaban J connectivity index is 1.81. The van der Waals surface area contributed by atoms with E-state index in [0.29, 0.717) is 12.5 Å². The van der Waals surface area contributed by atoms with Crippen LogP contribution in [0.5, 0.6) is 0 Å². The maximum atomic E-state index is 10.1. The molecule has 26 heavy (non-hydrogen) atoms. The van der Waals surface area contributed by atoms with Crippen LogP contribution in [0.3, 0.4) is 0 Å². The zero-order chi connectivity index (χ0) is 19.2. The van der Waals surface area contributed by atoms with E-state index >= 15 is 0 Å². The molecule has 0 amide bonds. The summed E-state index contributed by atoms with van der Waals surface area (Å²) in [7, 11) is -1.84. The third-order valence-electron chi connectivity index (χ3n) is 6.90. The molecule has 0 aliphatic carbocycles. The molecule has 1 aromatic carbocycles. The van der Waals surface area contributed by atoms with Gasteiger partial charge >= 0.3 is 0 Å². The second kappa shape index (κ2) is 6.62. The van der Waals surface area contributed by atoms with Crippen LogP contribution in [-0.4, -0.2) is 37.8 Å². The molecule has 2 aliphatic rings. The van der Waals surface area contributed by atoms with E-state index in [1.807, 2.05) is 12.1 Å². The molecule has 0 aromatic heterocycles. The average molecular weight is 378 g/mol. The van der Waals surface area contributed by atoms with Crippen LogP contribution in [0.1, 0.15) is 57.9 Å². The number of aliphatic hydroxyl groups is 1. The minimum atomic E-state index is -1.84. The van der Waals surface area contributed by atoms with Gasteiger partial charge in [0.2, 0.25) is 0 Å². The lowest BCUT2D eigenvalue weighted by Crippen LogP contribution is -2.51. The first-order valence-corrected chi connectivity index (χ1v) is 12.7. The molecule has 3 atom stereocenters. The zero-order valence-corrected chi connectivity index (χ0v) is 18.0. The number of nitrogens with two attached hydrogens (primary N) is 1. The third kappa shape index (κ3) is 3.72. The largest absolute Gasteiger partial charge is 0.414 e. The van der Waals surface area contributed by atoms with Crippen LogP contribution in [0.2, 0.25) is 18.1 Å². The second-order valence-electron chi connectivity index (χ2n) is 9.95. The lowest BCUT2D eigenvalue weighted by Gasteiger charge is -2.46. The number of benzene rings is 1. The summed E-state index contributed by atoms with van der Waals surface area (Å²) in [5.74, 6) is 0.377. The van der Waals surface area contributed by atoms with E-state index in [2.05, 4.69) is 46.0 Å². The Hall–Kier alpha value is -0.883. The van der Waals surface area contributed by atoms with Gasteiger partial charge in [-0.25, -0.2) is 0 Å². The van der Waals surface area contributed by atoms with Crippen LogP contribution in [0, 0.1) is 0 Å². The zero-order valence-electron chi connectivity index (χ0n) is 17.0. The minimum Gasteiger partial charge on any atom is -0.414 e. The van der Waals surface area contributed by atoms with Gasteiger partial charge in [0.25, 0.3) is 0 Å². The third-order valence-corrected chi connectivity index (χ3v) is 11.4. The molecule has 1 unspecified atom stereocenters. The summed E-state index contributed by atoms with van der Waals surface area (Å²) in [6, 6.07) is 8.19. The van der Waals surface area contributed by atoms with Crippen molar-refractivity contribution in [1.29, 1.82) is 0 Å². The lowest BCUT2D eigenvalue weighted by atomic mass is 9.80. The van der Waals surface area contributed by atoms with E-state index in [0.717, 1.165) is 31.4 Å². The highest BCUT2D eigenvalue weighted by Crippen LogP contribution is 2.54. The smallest absolute Gasteiger partial charge is 0.192 e. The minimum absolute atomic E-state index is 0.0836. The van der Waals surface area contributed by atoms with E-state index in [-0.39, 0.29) is 17.2 Å². The predicted molar refractivity (Wildman–Crippen MR) is 109 cm³/mol. The summed E-state index contributed by atoms with van der Waals surface area (Å²) in [5.41, 5.74) is 7.25. The molecule has 146 valence electrons. The van der Waals surface area contributed by atoms with Crippen LogP contribution >= 0.6 is 0 Å². The van der Waals surface area contributed by atoms with E-state index in [4.69, 9.17) is 14.9 Å². The van der Waals surface area contributed by atoms with Crippen LogP contribution in [0.25, 0.3) is 0 Å². The Bertz CT molecular complexity index is 640. The number of aliphatic hydroxyl groups excluding tert-OH is 1. The summed E-state index contributed by atoms with van der Waals surface area (Å²) in [5, 5.41) is 10.3. The summed E-state index contributed by atoms with van der Waals surface area (Å²) in [6.07, 6.45) is 3.70. The predicted octanol–water partition coefficient (Wildman–Crippen LogP) is 4.45. The Kier molecular flexibility index (Phi) is 5.06. The number of hydrogen-bond acceptors (Lipinski definition) is 4. The van der Waals surface area contributed by atoms with Gasteiger partial charge in [-0.15, -0.1) is 0 Å². The summed E-state index contributed by atoms with van der Waals surface area (Å²) < 4.78 is 13.1. The van der Waals surface area contributed by atoms with Crippen LogP contribution in [-0.2, 0) is 9.16 Å². The van der Waals surface area contributed by atoms with Gasteiger partial charge in [0, 0.05) is 5.69 Å². The van der Waals surface area contributed by atoms with E-state index in [1.165, 1.54) is 5.56 Å². The number of fused-ring (bicyclic) bond motifs is 2. The second-order valence-corrected chi connectivity index (χ2v) is 14.8. The van der Waals surface area contributed by atoms with E-state index in [1.54, 1.807) is 0 Å². The standard InChI is InChI=1S/C21H35NO3Si/c1-19(2,3)26(4,5)24-15-21-11-10-20(14-23,25-21)12-17(13-21)16-6-8-18(22)9-7-16/h6-9,17,23H,10-15,22H2,1-5H3/t17-,20+,21?/m0/s1. The topological polar surface area (TPSA) is 64.7 Å². The Labute approximate surface area is 159 Å². The van der Waals surface area contributed by atoms with Gasteiger partial charge in [0.05, 0.1) is 24.4 Å². The first-order chi connectivity index (χ1) is 12.0. The maximum Gasteiger partial charge on any atom is 0.192 e. The molecule has 3 N–H and O–H groups in total. The van der Waals surface area contributed by atoms with Crippen molar-refractivity contribution in [2.45, 2.75) is 81.7 Å². The molecular weight excluding hydrogens is 342 g/mol. The molecule has 3 rings (SSSR count). The molecule has 2 aliphatic heterocycles. The number of hydrogen-bond donors (Lipinski definition) is 2. The molecule has 2 bridgehead atoms. The normalized spacial score (nSPS) is 32.0. The average Bonchev–Trinajstić information content (AvgIpc) is 2.85. The number of nitrogen functional groups attached to an aromatic ring is 1. The van der Waals surface area contributed by atoms with Gasteiger partial charge in [0.1, 0.15) is 0 Å². The highest BCUT2D eigenvalue weighted by Gasteiger charge is 2.56. The van der Waals surface area contributed by atoms with Gasteiger partial charge < -0.3 is 20.0 Å². The highest BCUT2D eigenvalue weighted by atomic mass is 28.4. The highest BCUT2D eigenvalue weighted by molar-refractivity contribution is 6.74. The molecular formula is C21H35NO3Si. The van der Waals surface area contributed by atoms with Gasteiger partial charge in [-0.05, 0) is 67.4 Å². The quantitative estimate of drug-likeness (QED) is 0.588. The molecule has 1 aromatic rings. The Morgan fingerprint density at radius 2 is 1.73 bits per heavy atom. The van der Waals surface area contributed by atoms with Crippen molar-refractivity contribution in [3.8, 4) is 0 Å². The van der Waals surface area contributed by atoms with E-state index in [9.17, 15) is 5.11 Å². The molecule has 0 spiro atoms. The molecule has 2 heterocycles. The van der Waals surface area contributed by atoms with Crippen molar-refractivity contribution >= 4 is 14.0 Å². The molecule has 5 heteroatoms. The van der Waals surface area contributed by atoms with Crippen LogP contribution in [0.15, 0.2) is 24.3 Å². The SMILES string of the molecule is CC(C)(C)[Si](C)(C)OCC12CC[C@](CO)(C[C@H](c3ccc(N)cc3)C1)O2. The molecule has 0 radical (unpaired) electrons. The molecule has 2 saturated heterocycles. The van der Waals surface area contributed by atoms with Crippen molar-refractivity contribution in [1.82, 2.24) is 0 Å². The monoisotopic (exact) mass is 377 g/mol. The van der Waals surface area contributed by atoms with Gasteiger partial charge in [-0.3, -0.25) is 0 Å². The summed E-state index contributed by atoms with van der Waals surface area (Å²) >= 11 is 0. The number of ether oxygens (including phenoxy) is 1. The fourth-order valence-corrected chi connectivity index (χ4v) is 5.20. The van der Waals surface area contributed by atoms with Crippen LogP contribution < -0.4 is 5.73 Å². The molecule has 2 fully saturated rings. The number of rotatable bonds is 5. The fourth-order valence-electron chi connectivity index (χ4n) is 4.14. The summed E-state index contributed by atoms with van der Waals surface area (Å²) in [6.45, 7) is 12.1. The number of anilines is 1. The van der Waals surface area contributed by atoms with Gasteiger partial charge in [0.15, 0.2) is 8.32 Å².